The summed E-state index contributed by atoms with van der Waals surface area (Å²) >= 11 is 7.98. The predicted molar refractivity (Wildman–Crippen MR) is 140 cm³/mol. The van der Waals surface area contributed by atoms with Crippen LogP contribution in [0.4, 0.5) is 10.1 Å². The van der Waals surface area contributed by atoms with E-state index in [4.69, 9.17) is 0 Å². The van der Waals surface area contributed by atoms with Gasteiger partial charge in [-0.2, -0.15) is 9.50 Å². The third-order valence-corrected chi connectivity index (χ3v) is 7.80. The summed E-state index contributed by atoms with van der Waals surface area (Å²) in [5.74, 6) is -0.327. The lowest BCUT2D eigenvalue weighted by Crippen LogP contribution is -2.32. The largest absolute Gasteiger partial charge is 0.303 e. The van der Waals surface area contributed by atoms with Crippen molar-refractivity contribution in [2.24, 2.45) is 0 Å². The van der Waals surface area contributed by atoms with Gasteiger partial charge in [0.25, 0.3) is 11.5 Å². The Bertz CT molecular complexity index is 1760. The molecule has 1 aliphatic rings. The van der Waals surface area contributed by atoms with Gasteiger partial charge in [0.2, 0.25) is 4.96 Å². The van der Waals surface area contributed by atoms with Gasteiger partial charge in [0.15, 0.2) is 5.82 Å². The van der Waals surface area contributed by atoms with Crippen LogP contribution in [0.1, 0.15) is 11.1 Å². The first kappa shape index (κ1) is 22.3. The molecule has 0 saturated heterocycles. The topological polar surface area (TPSA) is 67.6 Å². The van der Waals surface area contributed by atoms with Crippen LogP contribution in [0.15, 0.2) is 80.5 Å². The molecule has 0 saturated carbocycles. The Labute approximate surface area is 218 Å². The number of aromatic nitrogens is 3. The zero-order valence-electron chi connectivity index (χ0n) is 17.7. The summed E-state index contributed by atoms with van der Waals surface area (Å²) in [4.78, 5) is 33.4. The van der Waals surface area contributed by atoms with Crippen LogP contribution < -0.4 is 15.0 Å². The molecule has 0 N–H and O–H groups in total. The molecule has 35 heavy (non-hydrogen) atoms. The Morgan fingerprint density at radius 2 is 1.69 bits per heavy atom. The van der Waals surface area contributed by atoms with Crippen LogP contribution in [-0.2, 0) is 11.3 Å². The number of thiazole rings is 1. The van der Waals surface area contributed by atoms with E-state index in [2.05, 4.69) is 41.9 Å². The van der Waals surface area contributed by atoms with Crippen LogP contribution in [0.25, 0.3) is 21.9 Å². The van der Waals surface area contributed by atoms with Crippen LogP contribution in [0, 0.1) is 5.82 Å². The Kier molecular flexibility index (Phi) is 5.39. The molecule has 3 aromatic carbocycles. The SMILES string of the molecule is O=C1C(=c2sc3nc(-c4ccc(Br)cc4)nn3c2=O)c2cc(Br)ccc2N1Cc1ccccc1F. The van der Waals surface area contributed by atoms with E-state index in [-0.39, 0.29) is 22.6 Å². The Balaban J connectivity index is 1.52. The monoisotopic (exact) mass is 610 g/mol. The molecule has 6 nitrogen and oxygen atoms in total. The fraction of sp³-hybridized carbons (Fsp3) is 0.0400. The second kappa shape index (κ2) is 8.47. The molecular weight excluding hydrogens is 599 g/mol. The second-order valence-corrected chi connectivity index (χ2v) is 10.7. The number of halogens is 3. The van der Waals surface area contributed by atoms with Crippen molar-refractivity contribution in [2.45, 2.75) is 6.54 Å². The lowest BCUT2D eigenvalue weighted by atomic mass is 10.1. The number of fused-ring (bicyclic) bond motifs is 2. The minimum Gasteiger partial charge on any atom is -0.303 e. The van der Waals surface area contributed by atoms with Gasteiger partial charge in [-0.15, -0.1) is 5.10 Å². The first-order chi connectivity index (χ1) is 16.9. The van der Waals surface area contributed by atoms with Crippen LogP contribution >= 0.6 is 43.2 Å². The standard InChI is InChI=1S/C25H13Br2FN4O2S/c26-15-7-5-13(6-8-15)22-29-25-32(30-22)24(34)21(35-25)20-17-11-16(27)9-10-19(17)31(23(20)33)12-14-3-1-2-4-18(14)28/h1-11H,12H2. The van der Waals surface area contributed by atoms with Crippen molar-refractivity contribution in [1.82, 2.24) is 14.6 Å². The fourth-order valence-electron chi connectivity index (χ4n) is 4.08. The summed E-state index contributed by atoms with van der Waals surface area (Å²) in [5.41, 5.74) is 2.24. The molecule has 0 fully saturated rings. The Morgan fingerprint density at radius 1 is 0.943 bits per heavy atom. The highest BCUT2D eigenvalue weighted by Crippen LogP contribution is 2.38. The number of rotatable bonds is 3. The summed E-state index contributed by atoms with van der Waals surface area (Å²) in [6.45, 7) is 0.0479. The number of nitrogens with zero attached hydrogens (tertiary/aromatic N) is 4. The van der Waals surface area contributed by atoms with Gasteiger partial charge >= 0.3 is 0 Å². The van der Waals surface area contributed by atoms with Crippen molar-refractivity contribution in [1.29, 1.82) is 0 Å². The molecule has 0 aliphatic carbocycles. The van der Waals surface area contributed by atoms with E-state index >= 15 is 0 Å². The van der Waals surface area contributed by atoms with Crippen molar-refractivity contribution in [3.8, 4) is 11.4 Å². The van der Waals surface area contributed by atoms with E-state index < -0.39 is 11.4 Å². The van der Waals surface area contributed by atoms with Gasteiger partial charge in [-0.3, -0.25) is 9.59 Å². The van der Waals surface area contributed by atoms with Gasteiger partial charge in [0, 0.05) is 25.6 Å². The molecule has 0 radical (unpaired) electrons. The van der Waals surface area contributed by atoms with Crippen LogP contribution in [0.3, 0.4) is 0 Å². The number of benzene rings is 3. The predicted octanol–water partition coefficient (Wildman–Crippen LogP) is 4.95. The summed E-state index contributed by atoms with van der Waals surface area (Å²) in [7, 11) is 0. The van der Waals surface area contributed by atoms with Gasteiger partial charge < -0.3 is 4.90 Å². The molecule has 0 spiro atoms. The van der Waals surface area contributed by atoms with Gasteiger partial charge in [0.05, 0.1) is 17.8 Å². The Morgan fingerprint density at radius 3 is 2.43 bits per heavy atom. The number of carbonyl (C=O) groups excluding carboxylic acids is 1. The lowest BCUT2D eigenvalue weighted by Gasteiger charge is -2.17. The molecular formula is C25H13Br2FN4O2S. The summed E-state index contributed by atoms with van der Waals surface area (Å²) in [6, 6.07) is 19.2. The maximum absolute atomic E-state index is 14.4. The first-order valence-corrected chi connectivity index (χ1v) is 12.9. The molecule has 10 heteroatoms. The smallest absolute Gasteiger partial charge is 0.291 e. The molecule has 0 unspecified atom stereocenters. The van der Waals surface area contributed by atoms with E-state index in [0.29, 0.717) is 27.6 Å². The van der Waals surface area contributed by atoms with Crippen molar-refractivity contribution in [3.63, 3.8) is 0 Å². The Hall–Kier alpha value is -3.21. The summed E-state index contributed by atoms with van der Waals surface area (Å²) in [6.07, 6.45) is 0. The average Bonchev–Trinajstić information content (AvgIpc) is 3.47. The highest BCUT2D eigenvalue weighted by Gasteiger charge is 2.35. The quantitative estimate of drug-likeness (QED) is 0.290. The van der Waals surface area contributed by atoms with Crippen LogP contribution in [0.5, 0.6) is 0 Å². The normalized spacial score (nSPS) is 14.7. The van der Waals surface area contributed by atoms with Crippen molar-refractivity contribution in [2.75, 3.05) is 4.90 Å². The third-order valence-electron chi connectivity index (χ3n) is 5.75. The van der Waals surface area contributed by atoms with Crippen molar-refractivity contribution < 1.29 is 9.18 Å². The highest BCUT2D eigenvalue weighted by atomic mass is 79.9. The molecule has 3 heterocycles. The van der Waals surface area contributed by atoms with E-state index in [9.17, 15) is 14.0 Å². The minimum absolute atomic E-state index is 0.0479. The van der Waals surface area contributed by atoms with Gasteiger partial charge in [-0.05, 0) is 36.4 Å². The fourth-order valence-corrected chi connectivity index (χ4v) is 5.71. The number of amides is 1. The van der Waals surface area contributed by atoms with Crippen LogP contribution in [0.2, 0.25) is 0 Å². The van der Waals surface area contributed by atoms with E-state index in [1.165, 1.54) is 15.5 Å². The highest BCUT2D eigenvalue weighted by molar-refractivity contribution is 9.10. The molecule has 1 amide bonds. The number of hydrogen-bond acceptors (Lipinski definition) is 5. The number of carbonyl (C=O) groups is 1. The maximum atomic E-state index is 14.4. The maximum Gasteiger partial charge on any atom is 0.291 e. The molecule has 1 aliphatic heterocycles. The third kappa shape index (κ3) is 3.72. The summed E-state index contributed by atoms with van der Waals surface area (Å²) in [5, 5.41) is 4.39. The summed E-state index contributed by atoms with van der Waals surface area (Å²) < 4.78 is 17.5. The zero-order chi connectivity index (χ0) is 24.3. The second-order valence-electron chi connectivity index (χ2n) is 7.89. The van der Waals surface area contributed by atoms with Gasteiger partial charge in [-0.25, -0.2) is 4.39 Å². The zero-order valence-corrected chi connectivity index (χ0v) is 21.7. The van der Waals surface area contributed by atoms with Crippen molar-refractivity contribution in [3.05, 3.63) is 108 Å². The number of anilines is 1. The van der Waals surface area contributed by atoms with E-state index in [1.54, 1.807) is 30.3 Å². The number of hydrogen-bond donors (Lipinski definition) is 0. The van der Waals surface area contributed by atoms with E-state index in [1.807, 2.05) is 30.3 Å². The average molecular weight is 612 g/mol. The van der Waals surface area contributed by atoms with Gasteiger partial charge in [0.1, 0.15) is 10.3 Å². The molecule has 0 atom stereocenters. The molecule has 0 bridgehead atoms. The molecule has 2 aromatic heterocycles. The molecule has 5 aromatic rings. The molecule has 6 rings (SSSR count). The van der Waals surface area contributed by atoms with E-state index in [0.717, 1.165) is 25.8 Å². The van der Waals surface area contributed by atoms with Crippen molar-refractivity contribution >= 4 is 65.3 Å². The first-order valence-electron chi connectivity index (χ1n) is 10.5. The van der Waals surface area contributed by atoms with Gasteiger partial charge in [-0.1, -0.05) is 73.5 Å². The minimum atomic E-state index is -0.414. The molecule has 172 valence electrons. The van der Waals surface area contributed by atoms with Crippen LogP contribution in [-0.4, -0.2) is 20.5 Å². The lowest BCUT2D eigenvalue weighted by molar-refractivity contribution is -0.113.